The third-order valence-corrected chi connectivity index (χ3v) is 2.61. The van der Waals surface area contributed by atoms with E-state index in [0.29, 0.717) is 12.5 Å². The third-order valence-electron chi connectivity index (χ3n) is 2.26. The van der Waals surface area contributed by atoms with Crippen molar-refractivity contribution in [3.63, 3.8) is 0 Å². The number of carbonyl (C=O) groups excluding carboxylic acids is 1. The summed E-state index contributed by atoms with van der Waals surface area (Å²) in [4.78, 5) is 13.2. The molecule has 0 radical (unpaired) electrons. The summed E-state index contributed by atoms with van der Waals surface area (Å²) < 4.78 is 0. The lowest BCUT2D eigenvalue weighted by molar-refractivity contribution is -0.129. The molecule has 2 atom stereocenters. The van der Waals surface area contributed by atoms with Gasteiger partial charge in [-0.25, -0.2) is 0 Å². The smallest absolute Gasteiger partial charge is 0.224 e. The van der Waals surface area contributed by atoms with Crippen LogP contribution >= 0.6 is 12.6 Å². The Balaban J connectivity index is 2.52. The fourth-order valence-corrected chi connectivity index (χ4v) is 1.69. The molecule has 64 valence electrons. The maximum atomic E-state index is 11.3. The molecule has 1 aliphatic heterocycles. The van der Waals surface area contributed by atoms with E-state index in [9.17, 15) is 4.79 Å². The largest absolute Gasteiger partial charge is 0.339 e. The minimum absolute atomic E-state index is 0.261. The minimum Gasteiger partial charge on any atom is -0.339 e. The van der Waals surface area contributed by atoms with Gasteiger partial charge in [0.1, 0.15) is 0 Å². The molecule has 2 unspecified atom stereocenters. The van der Waals surface area contributed by atoms with Gasteiger partial charge in [0.15, 0.2) is 0 Å². The summed E-state index contributed by atoms with van der Waals surface area (Å²) in [7, 11) is 0. The Bertz CT molecular complexity index is 160. The van der Waals surface area contributed by atoms with Gasteiger partial charge in [0.2, 0.25) is 5.91 Å². The summed E-state index contributed by atoms with van der Waals surface area (Å²) in [5.74, 6) is 0.263. The quantitative estimate of drug-likeness (QED) is 0.624. The van der Waals surface area contributed by atoms with E-state index < -0.39 is 0 Å². The van der Waals surface area contributed by atoms with Gasteiger partial charge in [-0.05, 0) is 13.3 Å². The zero-order chi connectivity index (χ0) is 8.43. The van der Waals surface area contributed by atoms with Crippen LogP contribution in [0.4, 0.5) is 0 Å². The molecule has 1 saturated heterocycles. The summed E-state index contributed by atoms with van der Waals surface area (Å²) in [5, 5.41) is 0.261. The Morgan fingerprint density at radius 1 is 1.82 bits per heavy atom. The van der Waals surface area contributed by atoms with Crippen LogP contribution in [0.15, 0.2) is 0 Å². The van der Waals surface area contributed by atoms with Crippen LogP contribution in [0.2, 0.25) is 0 Å². The lowest BCUT2D eigenvalue weighted by atomic mass is 10.2. The van der Waals surface area contributed by atoms with E-state index >= 15 is 0 Å². The Morgan fingerprint density at radius 3 is 2.82 bits per heavy atom. The zero-order valence-electron chi connectivity index (χ0n) is 7.08. The summed E-state index contributed by atoms with van der Waals surface area (Å²) in [5.41, 5.74) is 0. The number of hydrogen-bond acceptors (Lipinski definition) is 2. The van der Waals surface area contributed by atoms with Gasteiger partial charge >= 0.3 is 0 Å². The highest BCUT2D eigenvalue weighted by molar-refractivity contribution is 7.81. The predicted octanol–water partition coefficient (Wildman–Crippen LogP) is 1.32. The molecule has 0 N–H and O–H groups in total. The molecule has 0 saturated carbocycles. The molecule has 1 heterocycles. The average molecular weight is 173 g/mol. The first-order chi connectivity index (χ1) is 5.15. The van der Waals surface area contributed by atoms with Crippen molar-refractivity contribution in [1.82, 2.24) is 4.90 Å². The lowest BCUT2D eigenvalue weighted by Gasteiger charge is -2.22. The minimum atomic E-state index is 0.261. The van der Waals surface area contributed by atoms with E-state index in [1.807, 2.05) is 4.90 Å². The molecule has 1 amide bonds. The van der Waals surface area contributed by atoms with Crippen LogP contribution in [-0.4, -0.2) is 28.6 Å². The highest BCUT2D eigenvalue weighted by Gasteiger charge is 2.29. The van der Waals surface area contributed by atoms with Crippen LogP contribution in [0.25, 0.3) is 0 Å². The van der Waals surface area contributed by atoms with Crippen molar-refractivity contribution in [2.75, 3.05) is 6.54 Å². The van der Waals surface area contributed by atoms with Gasteiger partial charge in [0.05, 0.1) is 0 Å². The van der Waals surface area contributed by atoms with E-state index in [-0.39, 0.29) is 11.2 Å². The van der Waals surface area contributed by atoms with Crippen molar-refractivity contribution in [1.29, 1.82) is 0 Å². The number of nitrogens with zero attached hydrogens (tertiary/aromatic N) is 1. The average Bonchev–Trinajstić information content (AvgIpc) is 2.28. The number of hydrogen-bond donors (Lipinski definition) is 1. The second-order valence-corrected chi connectivity index (χ2v) is 3.89. The van der Waals surface area contributed by atoms with Gasteiger partial charge in [-0.1, -0.05) is 6.92 Å². The standard InChI is InChI=1S/C8H15NOS/c1-3-6(2)9-5-7(11)4-8(9)10/h6-7,11H,3-5H2,1-2H3. The molecule has 1 fully saturated rings. The molecule has 0 spiro atoms. The maximum absolute atomic E-state index is 11.3. The number of likely N-dealkylation sites (tertiary alicyclic amines) is 1. The van der Waals surface area contributed by atoms with Crippen LogP contribution in [0.5, 0.6) is 0 Å². The molecule has 0 aromatic rings. The normalized spacial score (nSPS) is 27.7. The Morgan fingerprint density at radius 2 is 2.45 bits per heavy atom. The fourth-order valence-electron chi connectivity index (χ4n) is 1.36. The third kappa shape index (κ3) is 1.89. The molecular weight excluding hydrogens is 158 g/mol. The Kier molecular flexibility index (Phi) is 2.82. The first-order valence-electron chi connectivity index (χ1n) is 4.12. The Hall–Kier alpha value is -0.180. The topological polar surface area (TPSA) is 20.3 Å². The Labute approximate surface area is 73.4 Å². The van der Waals surface area contributed by atoms with Crippen LogP contribution in [-0.2, 0) is 4.79 Å². The summed E-state index contributed by atoms with van der Waals surface area (Å²) in [6.07, 6.45) is 1.65. The van der Waals surface area contributed by atoms with Gasteiger partial charge in [0.25, 0.3) is 0 Å². The zero-order valence-corrected chi connectivity index (χ0v) is 7.97. The fraction of sp³-hybridized carbons (Fsp3) is 0.875. The SMILES string of the molecule is CCC(C)N1CC(S)CC1=O. The van der Waals surface area contributed by atoms with Gasteiger partial charge in [-0.2, -0.15) is 12.6 Å². The molecule has 2 nitrogen and oxygen atoms in total. The number of amides is 1. The highest BCUT2D eigenvalue weighted by Crippen LogP contribution is 2.19. The molecule has 11 heavy (non-hydrogen) atoms. The summed E-state index contributed by atoms with van der Waals surface area (Å²) in [6, 6.07) is 0.389. The number of thiol groups is 1. The first kappa shape index (κ1) is 8.91. The summed E-state index contributed by atoms with van der Waals surface area (Å²) >= 11 is 4.28. The highest BCUT2D eigenvalue weighted by atomic mass is 32.1. The molecule has 0 aliphatic carbocycles. The van der Waals surface area contributed by atoms with Crippen molar-refractivity contribution < 1.29 is 4.79 Å². The van der Waals surface area contributed by atoms with E-state index in [1.165, 1.54) is 0 Å². The summed E-state index contributed by atoms with van der Waals surface area (Å²) in [6.45, 7) is 5.02. The van der Waals surface area contributed by atoms with Crippen LogP contribution in [0.3, 0.4) is 0 Å². The van der Waals surface area contributed by atoms with E-state index in [1.54, 1.807) is 0 Å². The van der Waals surface area contributed by atoms with Crippen molar-refractivity contribution in [2.45, 2.75) is 38.0 Å². The van der Waals surface area contributed by atoms with E-state index in [4.69, 9.17) is 0 Å². The van der Waals surface area contributed by atoms with Gasteiger partial charge in [0, 0.05) is 24.3 Å². The van der Waals surface area contributed by atoms with Crippen molar-refractivity contribution in [3.05, 3.63) is 0 Å². The second-order valence-electron chi connectivity index (χ2n) is 3.16. The molecule has 0 aromatic carbocycles. The number of rotatable bonds is 2. The predicted molar refractivity (Wildman–Crippen MR) is 48.9 cm³/mol. The van der Waals surface area contributed by atoms with Crippen LogP contribution in [0.1, 0.15) is 26.7 Å². The van der Waals surface area contributed by atoms with Crippen LogP contribution in [0, 0.1) is 0 Å². The van der Waals surface area contributed by atoms with Crippen molar-refractivity contribution >= 4 is 18.5 Å². The van der Waals surface area contributed by atoms with Gasteiger partial charge < -0.3 is 4.90 Å². The number of carbonyl (C=O) groups is 1. The van der Waals surface area contributed by atoms with E-state index in [0.717, 1.165) is 13.0 Å². The van der Waals surface area contributed by atoms with Gasteiger partial charge in [-0.3, -0.25) is 4.79 Å². The molecule has 3 heteroatoms. The molecule has 0 aromatic heterocycles. The van der Waals surface area contributed by atoms with Crippen molar-refractivity contribution in [3.8, 4) is 0 Å². The first-order valence-corrected chi connectivity index (χ1v) is 4.64. The molecule has 1 rings (SSSR count). The molecule has 1 aliphatic rings. The monoisotopic (exact) mass is 173 g/mol. The molecular formula is C8H15NOS. The van der Waals surface area contributed by atoms with E-state index in [2.05, 4.69) is 26.5 Å². The van der Waals surface area contributed by atoms with Crippen molar-refractivity contribution in [2.24, 2.45) is 0 Å². The molecule has 0 bridgehead atoms. The van der Waals surface area contributed by atoms with Gasteiger partial charge in [-0.15, -0.1) is 0 Å². The second kappa shape index (κ2) is 3.48. The maximum Gasteiger partial charge on any atom is 0.224 e. The van der Waals surface area contributed by atoms with Crippen LogP contribution < -0.4 is 0 Å². The lowest BCUT2D eigenvalue weighted by Crippen LogP contribution is -2.33.